The molecular weight excluding hydrogens is 524 g/mol. The van der Waals surface area contributed by atoms with Gasteiger partial charge in [-0.2, -0.15) is 0 Å². The highest BCUT2D eigenvalue weighted by Crippen LogP contribution is 2.30. The van der Waals surface area contributed by atoms with Crippen LogP contribution in [0.5, 0.6) is 0 Å². The molecule has 5 atom stereocenters. The number of ether oxygens (including phenoxy) is 2. The van der Waals surface area contributed by atoms with Gasteiger partial charge in [-0.1, -0.05) is 49.6 Å². The molecule has 3 fully saturated rings. The molecule has 4 amide bonds. The summed E-state index contributed by atoms with van der Waals surface area (Å²) in [6.45, 7) is 9.50. The lowest BCUT2D eigenvalue weighted by Gasteiger charge is -2.34. The molecule has 1 aromatic carbocycles. The number of hydrogen-bond donors (Lipinski definition) is 3. The van der Waals surface area contributed by atoms with Crippen LogP contribution in [0.1, 0.15) is 85.1 Å². The number of benzene rings is 1. The summed E-state index contributed by atoms with van der Waals surface area (Å²) in [6, 6.07) is 7.11. The molecule has 10 heteroatoms. The zero-order valence-electron chi connectivity index (χ0n) is 25.0. The van der Waals surface area contributed by atoms with Crippen molar-refractivity contribution < 1.29 is 28.7 Å². The van der Waals surface area contributed by atoms with Gasteiger partial charge in [0, 0.05) is 13.0 Å². The third-order valence-electron chi connectivity index (χ3n) is 8.27. The van der Waals surface area contributed by atoms with Gasteiger partial charge in [0.1, 0.15) is 23.7 Å². The van der Waals surface area contributed by atoms with Gasteiger partial charge in [0.15, 0.2) is 5.79 Å². The van der Waals surface area contributed by atoms with Crippen LogP contribution < -0.4 is 16.0 Å². The maximum Gasteiger partial charge on any atom is 0.246 e. The Morgan fingerprint density at radius 1 is 0.878 bits per heavy atom. The number of rotatable bonds is 8. The number of nitrogens with one attached hydrogen (secondary N) is 3. The fraction of sp³-hybridized carbons (Fsp3) is 0.677. The van der Waals surface area contributed by atoms with Crippen molar-refractivity contribution in [3.8, 4) is 0 Å². The Morgan fingerprint density at radius 3 is 2.27 bits per heavy atom. The van der Waals surface area contributed by atoms with Crippen LogP contribution in [-0.2, 0) is 35.1 Å². The molecule has 3 heterocycles. The van der Waals surface area contributed by atoms with Crippen LogP contribution in [0.2, 0.25) is 0 Å². The Kier molecular flexibility index (Phi) is 9.74. The normalized spacial score (nSPS) is 30.1. The molecule has 3 saturated heterocycles. The Bertz CT molecular complexity index is 1110. The van der Waals surface area contributed by atoms with E-state index in [2.05, 4.69) is 16.0 Å². The fourth-order valence-electron chi connectivity index (χ4n) is 6.06. The predicted molar refractivity (Wildman–Crippen MR) is 154 cm³/mol. The van der Waals surface area contributed by atoms with Crippen LogP contribution in [0.25, 0.3) is 0 Å². The standard InChI is InChI=1S/C31H46N4O6/c1-20-25(41-31(4,5)40-20)17-11-7-10-15-22-26(36)34-30(2,3)29(39)33-23(19-21-13-8-6-9-14-21)28(38)35-18-12-16-24(35)27(37)32-22/h6,8-9,13-14,20,22-25H,7,10-12,15-19H2,1-5H3,(H,32,37)(H,33,39)(H,34,36)/t20-,22+,23+,24-,25-/m1/s1. The van der Waals surface area contributed by atoms with Crippen LogP contribution in [-0.4, -0.2) is 76.7 Å². The average molecular weight is 571 g/mol. The zero-order chi connectivity index (χ0) is 29.8. The Hall–Kier alpha value is -2.98. The third kappa shape index (κ3) is 7.86. The second kappa shape index (κ2) is 12.9. The van der Waals surface area contributed by atoms with Crippen LogP contribution in [0, 0.1) is 0 Å². The first-order valence-electron chi connectivity index (χ1n) is 15.0. The largest absolute Gasteiger partial charge is 0.345 e. The Balaban J connectivity index is 1.44. The van der Waals surface area contributed by atoms with Gasteiger partial charge in [-0.05, 0) is 65.9 Å². The molecule has 10 nitrogen and oxygen atoms in total. The smallest absolute Gasteiger partial charge is 0.246 e. The van der Waals surface area contributed by atoms with E-state index < -0.39 is 41.3 Å². The molecule has 0 unspecified atom stereocenters. The predicted octanol–water partition coefficient (Wildman–Crippen LogP) is 2.59. The highest BCUT2D eigenvalue weighted by Gasteiger charge is 2.42. The van der Waals surface area contributed by atoms with Gasteiger partial charge in [0.05, 0.1) is 12.2 Å². The number of fused-ring (bicyclic) bond motifs is 1. The number of carbonyl (C=O) groups excluding carboxylic acids is 4. The van der Waals surface area contributed by atoms with Crippen molar-refractivity contribution in [2.45, 2.75) is 128 Å². The first-order chi connectivity index (χ1) is 19.4. The lowest BCUT2D eigenvalue weighted by molar-refractivity contribution is -0.145. The summed E-state index contributed by atoms with van der Waals surface area (Å²) in [6.07, 6.45) is 5.29. The van der Waals surface area contributed by atoms with Crippen LogP contribution in [0.3, 0.4) is 0 Å². The second-order valence-electron chi connectivity index (χ2n) is 12.6. The van der Waals surface area contributed by atoms with Crippen molar-refractivity contribution in [3.05, 3.63) is 35.9 Å². The highest BCUT2D eigenvalue weighted by molar-refractivity contribution is 5.99. The molecule has 0 spiro atoms. The molecule has 3 N–H and O–H groups in total. The summed E-state index contributed by atoms with van der Waals surface area (Å²) in [5.74, 6) is -2.04. The number of carbonyl (C=O) groups is 4. The van der Waals surface area contributed by atoms with Gasteiger partial charge in [-0.3, -0.25) is 19.2 Å². The van der Waals surface area contributed by atoms with E-state index in [9.17, 15) is 19.2 Å². The molecule has 3 aliphatic heterocycles. The number of unbranched alkanes of at least 4 members (excludes halogenated alkanes) is 2. The molecule has 3 aliphatic rings. The van der Waals surface area contributed by atoms with Crippen LogP contribution in [0.15, 0.2) is 30.3 Å². The quantitative estimate of drug-likeness (QED) is 0.413. The van der Waals surface area contributed by atoms with Crippen molar-refractivity contribution in [3.63, 3.8) is 0 Å². The van der Waals surface area contributed by atoms with E-state index in [1.165, 1.54) is 0 Å². The first-order valence-corrected chi connectivity index (χ1v) is 15.0. The monoisotopic (exact) mass is 570 g/mol. The molecule has 1 aromatic rings. The molecule has 0 aliphatic carbocycles. The van der Waals surface area contributed by atoms with Gasteiger partial charge in [0.25, 0.3) is 0 Å². The molecule has 41 heavy (non-hydrogen) atoms. The first kappa shape index (κ1) is 31.0. The third-order valence-corrected chi connectivity index (χ3v) is 8.27. The van der Waals surface area contributed by atoms with E-state index in [0.29, 0.717) is 32.2 Å². The molecule has 0 radical (unpaired) electrons. The van der Waals surface area contributed by atoms with E-state index in [0.717, 1.165) is 24.8 Å². The summed E-state index contributed by atoms with van der Waals surface area (Å²) in [5.41, 5.74) is -0.396. The van der Waals surface area contributed by atoms with E-state index in [4.69, 9.17) is 9.47 Å². The summed E-state index contributed by atoms with van der Waals surface area (Å²) >= 11 is 0. The summed E-state index contributed by atoms with van der Waals surface area (Å²) in [4.78, 5) is 55.6. The van der Waals surface area contributed by atoms with Crippen molar-refractivity contribution in [1.29, 1.82) is 0 Å². The van der Waals surface area contributed by atoms with E-state index in [1.54, 1.807) is 18.7 Å². The fourth-order valence-corrected chi connectivity index (χ4v) is 6.06. The Labute approximate surface area is 243 Å². The SMILES string of the molecule is C[C@H]1OC(C)(C)O[C@@H]1CCCCC[C@@H]1NC(=O)[C@H]2CCCN2C(=O)[C@H](Cc2ccccc2)NC(=O)C(C)(C)NC1=O. The number of hydrogen-bond acceptors (Lipinski definition) is 6. The van der Waals surface area contributed by atoms with Crippen LogP contribution >= 0.6 is 0 Å². The Morgan fingerprint density at radius 2 is 1.59 bits per heavy atom. The van der Waals surface area contributed by atoms with E-state index in [1.807, 2.05) is 51.1 Å². The summed E-state index contributed by atoms with van der Waals surface area (Å²) in [7, 11) is 0. The summed E-state index contributed by atoms with van der Waals surface area (Å²) in [5, 5.41) is 8.63. The molecule has 226 valence electrons. The van der Waals surface area contributed by atoms with Crippen molar-refractivity contribution in [2.24, 2.45) is 0 Å². The maximum atomic E-state index is 13.7. The second-order valence-corrected chi connectivity index (χ2v) is 12.6. The molecule has 0 saturated carbocycles. The van der Waals surface area contributed by atoms with Gasteiger partial charge in [-0.25, -0.2) is 0 Å². The zero-order valence-corrected chi connectivity index (χ0v) is 25.0. The lowest BCUT2D eigenvalue weighted by atomic mass is 9.98. The minimum absolute atomic E-state index is 0.0270. The van der Waals surface area contributed by atoms with Crippen molar-refractivity contribution >= 4 is 23.6 Å². The highest BCUT2D eigenvalue weighted by atomic mass is 16.7. The van der Waals surface area contributed by atoms with Crippen molar-refractivity contribution in [1.82, 2.24) is 20.9 Å². The van der Waals surface area contributed by atoms with Gasteiger partial charge in [-0.15, -0.1) is 0 Å². The molecular formula is C31H46N4O6. The molecule has 0 bridgehead atoms. The van der Waals surface area contributed by atoms with Gasteiger partial charge >= 0.3 is 0 Å². The number of nitrogens with zero attached hydrogens (tertiary/aromatic N) is 1. The van der Waals surface area contributed by atoms with Crippen molar-refractivity contribution in [2.75, 3.05) is 6.54 Å². The lowest BCUT2D eigenvalue weighted by Crippen LogP contribution is -2.64. The minimum atomic E-state index is -1.29. The van der Waals surface area contributed by atoms with E-state index >= 15 is 0 Å². The average Bonchev–Trinajstić information content (AvgIpc) is 3.50. The topological polar surface area (TPSA) is 126 Å². The minimum Gasteiger partial charge on any atom is -0.345 e. The summed E-state index contributed by atoms with van der Waals surface area (Å²) < 4.78 is 11.8. The van der Waals surface area contributed by atoms with Crippen LogP contribution in [0.4, 0.5) is 0 Å². The van der Waals surface area contributed by atoms with Gasteiger partial charge in [0.2, 0.25) is 23.6 Å². The molecule has 4 rings (SSSR count). The molecule has 0 aromatic heterocycles. The number of amides is 4. The van der Waals surface area contributed by atoms with E-state index in [-0.39, 0.29) is 30.4 Å². The van der Waals surface area contributed by atoms with Gasteiger partial charge < -0.3 is 30.3 Å². The maximum absolute atomic E-state index is 13.7.